The number of unbranched alkanes of at least 4 members (excludes halogenated alkanes) is 1. The zero-order valence-electron chi connectivity index (χ0n) is 12.8. The van der Waals surface area contributed by atoms with Gasteiger partial charge in [0.2, 0.25) is 0 Å². The highest BCUT2D eigenvalue weighted by molar-refractivity contribution is 7.90. The molecule has 0 bridgehead atoms. The molecular formula is C14H31NO2S. The zero-order chi connectivity index (χ0) is 14.2. The summed E-state index contributed by atoms with van der Waals surface area (Å²) in [6, 6.07) is 0.454. The summed E-state index contributed by atoms with van der Waals surface area (Å²) >= 11 is 0. The van der Waals surface area contributed by atoms with Crippen molar-refractivity contribution >= 4 is 9.84 Å². The summed E-state index contributed by atoms with van der Waals surface area (Å²) in [5.41, 5.74) is 0.142. The van der Waals surface area contributed by atoms with Crippen LogP contribution >= 0.6 is 0 Å². The van der Waals surface area contributed by atoms with Crippen LogP contribution in [0.1, 0.15) is 59.8 Å². The first-order chi connectivity index (χ1) is 8.24. The fraction of sp³-hybridized carbons (Fsp3) is 1.00. The summed E-state index contributed by atoms with van der Waals surface area (Å²) in [6.07, 6.45) is 6.63. The third-order valence-corrected chi connectivity index (χ3v) is 4.64. The van der Waals surface area contributed by atoms with Gasteiger partial charge in [-0.15, -0.1) is 0 Å². The minimum Gasteiger partial charge on any atom is -0.314 e. The molecule has 4 heteroatoms. The standard InChI is InChI=1S/C14H31NO2S/c1-6-8-9-14(7-2,12-15-13(3)4)10-11-18(5,16)17/h13,15H,6-12H2,1-5H3. The molecule has 0 amide bonds. The van der Waals surface area contributed by atoms with Gasteiger partial charge in [-0.05, 0) is 24.7 Å². The molecule has 0 saturated heterocycles. The third-order valence-electron chi connectivity index (χ3n) is 3.70. The van der Waals surface area contributed by atoms with Crippen molar-refractivity contribution in [1.82, 2.24) is 5.32 Å². The molecule has 0 aromatic carbocycles. The van der Waals surface area contributed by atoms with Gasteiger partial charge >= 0.3 is 0 Å². The van der Waals surface area contributed by atoms with Crippen molar-refractivity contribution in [2.45, 2.75) is 65.8 Å². The highest BCUT2D eigenvalue weighted by Crippen LogP contribution is 2.32. The highest BCUT2D eigenvalue weighted by atomic mass is 32.2. The summed E-state index contributed by atoms with van der Waals surface area (Å²) in [6.45, 7) is 9.57. The number of sulfone groups is 1. The molecule has 0 aliphatic heterocycles. The van der Waals surface area contributed by atoms with Gasteiger partial charge in [-0.2, -0.15) is 0 Å². The molecule has 0 rings (SSSR count). The molecule has 1 unspecified atom stereocenters. The molecule has 0 aromatic heterocycles. The Balaban J connectivity index is 4.63. The van der Waals surface area contributed by atoms with E-state index in [1.807, 2.05) is 0 Å². The van der Waals surface area contributed by atoms with Gasteiger partial charge in [-0.25, -0.2) is 8.42 Å². The lowest BCUT2D eigenvalue weighted by molar-refractivity contribution is 0.217. The van der Waals surface area contributed by atoms with Crippen molar-refractivity contribution in [3.8, 4) is 0 Å². The average Bonchev–Trinajstić information content (AvgIpc) is 2.27. The number of nitrogens with one attached hydrogen (secondary N) is 1. The summed E-state index contributed by atoms with van der Waals surface area (Å²) in [5.74, 6) is 0.310. The van der Waals surface area contributed by atoms with Gasteiger partial charge in [0.1, 0.15) is 9.84 Å². The average molecular weight is 277 g/mol. The van der Waals surface area contributed by atoms with E-state index in [-0.39, 0.29) is 5.41 Å². The maximum atomic E-state index is 11.4. The molecule has 18 heavy (non-hydrogen) atoms. The smallest absolute Gasteiger partial charge is 0.147 e. The minimum absolute atomic E-state index is 0.142. The van der Waals surface area contributed by atoms with E-state index in [9.17, 15) is 8.42 Å². The Kier molecular flexibility index (Phi) is 8.11. The van der Waals surface area contributed by atoms with Crippen molar-refractivity contribution in [3.63, 3.8) is 0 Å². The SMILES string of the molecule is CCCCC(CC)(CCS(C)(=O)=O)CNC(C)C. The lowest BCUT2D eigenvalue weighted by Crippen LogP contribution is -2.38. The molecule has 0 aromatic rings. The second-order valence-corrected chi connectivity index (χ2v) is 8.13. The van der Waals surface area contributed by atoms with Crippen LogP contribution in [0.2, 0.25) is 0 Å². The predicted molar refractivity (Wildman–Crippen MR) is 79.7 cm³/mol. The third kappa shape index (κ3) is 8.09. The minimum atomic E-state index is -2.86. The summed E-state index contributed by atoms with van der Waals surface area (Å²) in [7, 11) is -2.86. The Morgan fingerprint density at radius 1 is 1.17 bits per heavy atom. The largest absolute Gasteiger partial charge is 0.314 e. The summed E-state index contributed by atoms with van der Waals surface area (Å²) in [5, 5.41) is 3.49. The van der Waals surface area contributed by atoms with Crippen LogP contribution in [0.15, 0.2) is 0 Å². The van der Waals surface area contributed by atoms with Crippen LogP contribution in [0.4, 0.5) is 0 Å². The van der Waals surface area contributed by atoms with Gasteiger partial charge in [-0.3, -0.25) is 0 Å². The van der Waals surface area contributed by atoms with Crippen LogP contribution in [0.3, 0.4) is 0 Å². The molecule has 0 heterocycles. The van der Waals surface area contributed by atoms with Gasteiger partial charge < -0.3 is 5.32 Å². The fourth-order valence-corrected chi connectivity index (χ4v) is 2.96. The Labute approximate surface area is 114 Å². The van der Waals surface area contributed by atoms with Crippen LogP contribution in [-0.4, -0.2) is 33.0 Å². The van der Waals surface area contributed by atoms with Gasteiger partial charge in [0.25, 0.3) is 0 Å². The Hall–Kier alpha value is -0.0900. The molecule has 0 aliphatic carbocycles. The van der Waals surface area contributed by atoms with Crippen LogP contribution < -0.4 is 5.32 Å². The lowest BCUT2D eigenvalue weighted by atomic mass is 9.77. The van der Waals surface area contributed by atoms with Crippen molar-refractivity contribution < 1.29 is 8.42 Å². The van der Waals surface area contributed by atoms with Crippen LogP contribution in [0.5, 0.6) is 0 Å². The maximum Gasteiger partial charge on any atom is 0.147 e. The Bertz CT molecular complexity index is 312. The number of hydrogen-bond acceptors (Lipinski definition) is 3. The number of hydrogen-bond donors (Lipinski definition) is 1. The molecule has 3 nitrogen and oxygen atoms in total. The monoisotopic (exact) mass is 277 g/mol. The van der Waals surface area contributed by atoms with E-state index in [0.29, 0.717) is 11.8 Å². The molecule has 1 atom stereocenters. The van der Waals surface area contributed by atoms with E-state index in [1.54, 1.807) is 0 Å². The van der Waals surface area contributed by atoms with Gasteiger partial charge in [0.15, 0.2) is 0 Å². The van der Waals surface area contributed by atoms with Crippen molar-refractivity contribution in [3.05, 3.63) is 0 Å². The lowest BCUT2D eigenvalue weighted by Gasteiger charge is -2.34. The second kappa shape index (κ2) is 8.16. The number of rotatable bonds is 10. The van der Waals surface area contributed by atoms with Crippen molar-refractivity contribution in [1.29, 1.82) is 0 Å². The highest BCUT2D eigenvalue weighted by Gasteiger charge is 2.28. The van der Waals surface area contributed by atoms with Gasteiger partial charge in [0.05, 0.1) is 5.75 Å². The van der Waals surface area contributed by atoms with Crippen LogP contribution in [0.25, 0.3) is 0 Å². The quantitative estimate of drug-likeness (QED) is 0.667. The first-order valence-electron chi connectivity index (χ1n) is 7.16. The van der Waals surface area contributed by atoms with E-state index in [4.69, 9.17) is 0 Å². The predicted octanol–water partition coefficient (Wildman–Crippen LogP) is 3.01. The van der Waals surface area contributed by atoms with Crippen molar-refractivity contribution in [2.24, 2.45) is 5.41 Å². The van der Waals surface area contributed by atoms with Gasteiger partial charge in [0, 0.05) is 18.8 Å². The molecule has 0 radical (unpaired) electrons. The molecule has 0 spiro atoms. The second-order valence-electron chi connectivity index (χ2n) is 5.87. The summed E-state index contributed by atoms with van der Waals surface area (Å²) in [4.78, 5) is 0. The van der Waals surface area contributed by atoms with Gasteiger partial charge in [-0.1, -0.05) is 40.5 Å². The summed E-state index contributed by atoms with van der Waals surface area (Å²) < 4.78 is 22.8. The first kappa shape index (κ1) is 17.9. The van der Waals surface area contributed by atoms with Crippen LogP contribution in [-0.2, 0) is 9.84 Å². The van der Waals surface area contributed by atoms with E-state index in [1.165, 1.54) is 19.1 Å². The zero-order valence-corrected chi connectivity index (χ0v) is 13.6. The normalized spacial score (nSPS) is 15.9. The first-order valence-corrected chi connectivity index (χ1v) is 9.22. The molecule has 1 N–H and O–H groups in total. The molecule has 0 saturated carbocycles. The topological polar surface area (TPSA) is 46.2 Å². The molecule has 110 valence electrons. The van der Waals surface area contributed by atoms with E-state index in [2.05, 4.69) is 33.0 Å². The molecule has 0 fully saturated rings. The maximum absolute atomic E-state index is 11.4. The Morgan fingerprint density at radius 2 is 1.78 bits per heavy atom. The van der Waals surface area contributed by atoms with Crippen LogP contribution in [0, 0.1) is 5.41 Å². The van der Waals surface area contributed by atoms with E-state index >= 15 is 0 Å². The van der Waals surface area contributed by atoms with E-state index < -0.39 is 9.84 Å². The molecular weight excluding hydrogens is 246 g/mol. The molecule has 0 aliphatic rings. The van der Waals surface area contributed by atoms with E-state index in [0.717, 1.165) is 25.8 Å². The fourth-order valence-electron chi connectivity index (χ4n) is 2.15. The Morgan fingerprint density at radius 3 is 2.17 bits per heavy atom. The van der Waals surface area contributed by atoms with Crippen molar-refractivity contribution in [2.75, 3.05) is 18.6 Å².